The summed E-state index contributed by atoms with van der Waals surface area (Å²) in [6.07, 6.45) is 2.48. The molecule has 0 fully saturated rings. The lowest BCUT2D eigenvalue weighted by Gasteiger charge is -2.36. The Morgan fingerprint density at radius 1 is 1.21 bits per heavy atom. The van der Waals surface area contributed by atoms with E-state index in [1.54, 1.807) is 0 Å². The van der Waals surface area contributed by atoms with Gasteiger partial charge in [-0.2, -0.15) is 0 Å². The molecule has 1 N–H and O–H groups in total. The molecule has 0 saturated carbocycles. The number of rotatable bonds is 6. The van der Waals surface area contributed by atoms with Crippen molar-refractivity contribution in [2.45, 2.75) is 58.7 Å². The van der Waals surface area contributed by atoms with Gasteiger partial charge in [0.05, 0.1) is 6.73 Å². The van der Waals surface area contributed by atoms with Crippen LogP contribution in [0.1, 0.15) is 40.5 Å². The van der Waals surface area contributed by atoms with E-state index in [9.17, 15) is 0 Å². The van der Waals surface area contributed by atoms with E-state index in [4.69, 9.17) is 4.43 Å². The minimum Gasteiger partial charge on any atom is -0.404 e. The van der Waals surface area contributed by atoms with Gasteiger partial charge in [0.2, 0.25) is 0 Å². The van der Waals surface area contributed by atoms with Crippen molar-refractivity contribution in [3.63, 3.8) is 0 Å². The Bertz CT molecular complexity index is 152. The quantitative estimate of drug-likeness (QED) is 0.418. The third-order valence-corrected chi connectivity index (χ3v) is 7.53. The maximum Gasteiger partial charge on any atom is 0.193 e. The van der Waals surface area contributed by atoms with E-state index in [1.807, 2.05) is 0 Å². The van der Waals surface area contributed by atoms with Crippen LogP contribution in [-0.4, -0.2) is 21.6 Å². The molecule has 0 unspecified atom stereocenters. The van der Waals surface area contributed by atoms with E-state index >= 15 is 0 Å². The minimum absolute atomic E-state index is 0.319. The third-order valence-electron chi connectivity index (χ3n) is 3.05. The maximum atomic E-state index is 5.97. The summed E-state index contributed by atoms with van der Waals surface area (Å²) in [5, 5.41) is 3.65. The predicted molar refractivity (Wildman–Crippen MR) is 66.1 cm³/mol. The number of nitrogens with one attached hydrogen (secondary N) is 1. The van der Waals surface area contributed by atoms with Crippen LogP contribution in [0.2, 0.25) is 18.1 Å². The molecule has 0 aromatic carbocycles. The monoisotopic (exact) mass is 217 g/mol. The molecule has 14 heavy (non-hydrogen) atoms. The standard InChI is InChI=1S/C11H27NOSi/c1-7-8-9-12-10-13-14(5,6)11(2,3)4/h12H,7-10H2,1-6H3. The summed E-state index contributed by atoms with van der Waals surface area (Å²) >= 11 is 0. The van der Waals surface area contributed by atoms with Crippen LogP contribution in [0.25, 0.3) is 0 Å². The molecule has 0 aromatic heterocycles. The molecule has 0 saturated heterocycles. The zero-order valence-corrected chi connectivity index (χ0v) is 11.7. The van der Waals surface area contributed by atoms with Crippen LogP contribution in [-0.2, 0) is 4.43 Å². The molecule has 0 amide bonds. The Morgan fingerprint density at radius 2 is 1.79 bits per heavy atom. The molecule has 0 aromatic rings. The van der Waals surface area contributed by atoms with E-state index in [1.165, 1.54) is 12.8 Å². The lowest BCUT2D eigenvalue weighted by Crippen LogP contribution is -2.43. The normalized spacial score (nSPS) is 13.3. The van der Waals surface area contributed by atoms with E-state index in [2.05, 4.69) is 46.1 Å². The van der Waals surface area contributed by atoms with E-state index in [0.29, 0.717) is 5.04 Å². The minimum atomic E-state index is -1.53. The first-order chi connectivity index (χ1) is 6.31. The number of unbranched alkanes of at least 4 members (excludes halogenated alkanes) is 1. The molecule has 0 rings (SSSR count). The average molecular weight is 217 g/mol. The first kappa shape index (κ1) is 14.1. The first-order valence-electron chi connectivity index (χ1n) is 5.66. The van der Waals surface area contributed by atoms with Crippen LogP contribution >= 0.6 is 0 Å². The molecule has 2 nitrogen and oxygen atoms in total. The fourth-order valence-corrected chi connectivity index (χ4v) is 1.72. The van der Waals surface area contributed by atoms with Crippen LogP contribution in [0.15, 0.2) is 0 Å². The summed E-state index contributed by atoms with van der Waals surface area (Å²) in [6, 6.07) is 0. The van der Waals surface area contributed by atoms with Gasteiger partial charge < -0.3 is 4.43 Å². The van der Waals surface area contributed by atoms with Crippen molar-refractivity contribution in [2.24, 2.45) is 0 Å². The number of hydrogen-bond acceptors (Lipinski definition) is 2. The van der Waals surface area contributed by atoms with Gasteiger partial charge in [-0.25, -0.2) is 0 Å². The summed E-state index contributed by atoms with van der Waals surface area (Å²) in [4.78, 5) is 0. The van der Waals surface area contributed by atoms with Gasteiger partial charge in [-0.15, -0.1) is 0 Å². The van der Waals surface area contributed by atoms with Crippen LogP contribution in [0.5, 0.6) is 0 Å². The van der Waals surface area contributed by atoms with Crippen molar-refractivity contribution in [1.82, 2.24) is 5.32 Å². The second kappa shape index (κ2) is 5.88. The molecule has 0 atom stereocenters. The zero-order chi connectivity index (χ0) is 11.2. The van der Waals surface area contributed by atoms with Gasteiger partial charge in [-0.1, -0.05) is 34.1 Å². The zero-order valence-electron chi connectivity index (χ0n) is 10.7. The Hall–Kier alpha value is 0.137. The fourth-order valence-electron chi connectivity index (χ4n) is 0.822. The smallest absolute Gasteiger partial charge is 0.193 e. The highest BCUT2D eigenvalue weighted by atomic mass is 28.4. The van der Waals surface area contributed by atoms with Crippen molar-refractivity contribution in [3.05, 3.63) is 0 Å². The van der Waals surface area contributed by atoms with Crippen LogP contribution in [0.4, 0.5) is 0 Å². The number of hydrogen-bond donors (Lipinski definition) is 1. The van der Waals surface area contributed by atoms with E-state index in [-0.39, 0.29) is 0 Å². The lowest BCUT2D eigenvalue weighted by molar-refractivity contribution is 0.258. The third kappa shape index (κ3) is 5.13. The topological polar surface area (TPSA) is 21.3 Å². The molecule has 0 heterocycles. The largest absolute Gasteiger partial charge is 0.404 e. The lowest BCUT2D eigenvalue weighted by atomic mass is 10.2. The summed E-state index contributed by atoms with van der Waals surface area (Å²) in [5.41, 5.74) is 0. The highest BCUT2D eigenvalue weighted by Crippen LogP contribution is 2.36. The van der Waals surface area contributed by atoms with E-state index < -0.39 is 8.32 Å². The molecule has 3 heteroatoms. The summed E-state index contributed by atoms with van der Waals surface area (Å²) < 4.78 is 5.97. The Labute approximate surface area is 90.6 Å². The van der Waals surface area contributed by atoms with Crippen molar-refractivity contribution in [2.75, 3.05) is 13.3 Å². The molecule has 0 bridgehead atoms. The highest BCUT2D eigenvalue weighted by Gasteiger charge is 2.36. The van der Waals surface area contributed by atoms with Gasteiger partial charge in [0.1, 0.15) is 0 Å². The van der Waals surface area contributed by atoms with Crippen molar-refractivity contribution >= 4 is 8.32 Å². The van der Waals surface area contributed by atoms with Gasteiger partial charge in [-0.05, 0) is 31.1 Å². The molecule has 0 aliphatic carbocycles. The van der Waals surface area contributed by atoms with Gasteiger partial charge in [0.15, 0.2) is 8.32 Å². The summed E-state index contributed by atoms with van der Waals surface area (Å²) in [5.74, 6) is 0. The Balaban J connectivity index is 3.67. The van der Waals surface area contributed by atoms with E-state index in [0.717, 1.165) is 13.3 Å². The van der Waals surface area contributed by atoms with Gasteiger partial charge in [0.25, 0.3) is 0 Å². The van der Waals surface area contributed by atoms with Gasteiger partial charge in [0, 0.05) is 0 Å². The van der Waals surface area contributed by atoms with Gasteiger partial charge >= 0.3 is 0 Å². The van der Waals surface area contributed by atoms with Crippen molar-refractivity contribution in [1.29, 1.82) is 0 Å². The predicted octanol–water partition coefficient (Wildman–Crippen LogP) is 3.36. The molecule has 0 aliphatic rings. The van der Waals surface area contributed by atoms with Crippen molar-refractivity contribution < 1.29 is 4.43 Å². The SMILES string of the molecule is CCCCNCO[Si](C)(C)C(C)(C)C. The molecule has 0 aliphatic heterocycles. The Morgan fingerprint density at radius 3 is 2.21 bits per heavy atom. The highest BCUT2D eigenvalue weighted by molar-refractivity contribution is 6.74. The van der Waals surface area contributed by atoms with Crippen molar-refractivity contribution in [3.8, 4) is 0 Å². The second-order valence-electron chi connectivity index (χ2n) is 5.40. The summed E-state index contributed by atoms with van der Waals surface area (Å²) in [6.45, 7) is 15.4. The second-order valence-corrected chi connectivity index (χ2v) is 10.2. The maximum absolute atomic E-state index is 5.97. The Kier molecular flexibility index (Phi) is 5.94. The summed E-state index contributed by atoms with van der Waals surface area (Å²) in [7, 11) is -1.53. The molecule has 0 spiro atoms. The fraction of sp³-hybridized carbons (Fsp3) is 1.00. The molecular formula is C11H27NOSi. The molecule has 0 radical (unpaired) electrons. The van der Waals surface area contributed by atoms with Gasteiger partial charge in [-0.3, -0.25) is 5.32 Å². The molecule has 86 valence electrons. The van der Waals surface area contributed by atoms with Crippen LogP contribution in [0, 0.1) is 0 Å². The van der Waals surface area contributed by atoms with Crippen LogP contribution < -0.4 is 5.32 Å². The first-order valence-corrected chi connectivity index (χ1v) is 8.57. The molecular weight excluding hydrogens is 190 g/mol. The van der Waals surface area contributed by atoms with Crippen LogP contribution in [0.3, 0.4) is 0 Å². The average Bonchev–Trinajstić information content (AvgIpc) is 2.02.